The highest BCUT2D eigenvalue weighted by molar-refractivity contribution is 6.05. The second-order valence-electron chi connectivity index (χ2n) is 9.72. The number of aromatic nitrogens is 3. The highest BCUT2D eigenvalue weighted by Gasteiger charge is 2.12. The third kappa shape index (κ3) is 7.74. The summed E-state index contributed by atoms with van der Waals surface area (Å²) in [5.74, 6) is 1.21. The largest absolute Gasteiger partial charge is 0.493 e. The van der Waals surface area contributed by atoms with Crippen LogP contribution in [0.25, 0.3) is 11.4 Å². The standard InChI is InChI=1S/C31H31N7O3/c1-21(39)34-25-11-9-23(10-12-25)30(40)35-26-15-22-16-27(18-26)36-31-33-20-32-29(37-31)24-7-6-8-28(17-24)41-14-5-3-4-13-38(2)19-22/h3-4,6-12,15-18,20H,5,13-14,19H2,1-2H3,(H,34,39)(H,35,40)(H,32,33,36,37)/b4-3+. The molecule has 1 aromatic heterocycles. The van der Waals surface area contributed by atoms with E-state index in [1.165, 1.54) is 13.3 Å². The summed E-state index contributed by atoms with van der Waals surface area (Å²) in [5, 5.41) is 8.97. The maximum absolute atomic E-state index is 13.1. The number of nitrogens with zero attached hydrogens (tertiary/aromatic N) is 4. The van der Waals surface area contributed by atoms with Crippen LogP contribution < -0.4 is 20.7 Å². The number of hydrogen-bond donors (Lipinski definition) is 3. The van der Waals surface area contributed by atoms with Crippen molar-refractivity contribution in [3.8, 4) is 17.1 Å². The second-order valence-corrected chi connectivity index (χ2v) is 9.72. The van der Waals surface area contributed by atoms with E-state index in [0.29, 0.717) is 41.9 Å². The highest BCUT2D eigenvalue weighted by Crippen LogP contribution is 2.25. The van der Waals surface area contributed by atoms with E-state index in [4.69, 9.17) is 4.74 Å². The predicted octanol–water partition coefficient (Wildman–Crippen LogP) is 5.26. The maximum atomic E-state index is 13.1. The van der Waals surface area contributed by atoms with Crippen molar-refractivity contribution < 1.29 is 14.3 Å². The van der Waals surface area contributed by atoms with Gasteiger partial charge >= 0.3 is 0 Å². The van der Waals surface area contributed by atoms with Gasteiger partial charge in [-0.3, -0.25) is 14.5 Å². The lowest BCUT2D eigenvalue weighted by Gasteiger charge is -2.17. The minimum atomic E-state index is -0.266. The zero-order valence-corrected chi connectivity index (χ0v) is 22.9. The summed E-state index contributed by atoms with van der Waals surface area (Å²) in [4.78, 5) is 39.8. The minimum Gasteiger partial charge on any atom is -0.493 e. The summed E-state index contributed by atoms with van der Waals surface area (Å²) in [5.41, 5.74) is 4.25. The Labute approximate surface area is 238 Å². The van der Waals surface area contributed by atoms with E-state index in [1.807, 2.05) is 49.5 Å². The first-order chi connectivity index (χ1) is 19.9. The summed E-state index contributed by atoms with van der Waals surface area (Å²) in [6, 6.07) is 20.2. The molecule has 41 heavy (non-hydrogen) atoms. The summed E-state index contributed by atoms with van der Waals surface area (Å²) in [7, 11) is 2.04. The van der Waals surface area contributed by atoms with Gasteiger partial charge in [-0.2, -0.15) is 4.98 Å². The number of fused-ring (bicyclic) bond motifs is 7. The van der Waals surface area contributed by atoms with Gasteiger partial charge in [-0.25, -0.2) is 9.97 Å². The van der Waals surface area contributed by atoms with Gasteiger partial charge in [-0.05, 0) is 73.6 Å². The normalized spacial score (nSPS) is 14.4. The Bertz CT molecular complexity index is 1570. The van der Waals surface area contributed by atoms with Crippen molar-refractivity contribution >= 4 is 34.8 Å². The molecule has 6 bridgehead atoms. The van der Waals surface area contributed by atoms with Crippen molar-refractivity contribution in [1.29, 1.82) is 0 Å². The molecule has 3 aromatic carbocycles. The fourth-order valence-corrected chi connectivity index (χ4v) is 4.38. The Morgan fingerprint density at radius 3 is 2.63 bits per heavy atom. The fraction of sp³-hybridized carbons (Fsp3) is 0.194. The molecule has 3 N–H and O–H groups in total. The van der Waals surface area contributed by atoms with Crippen LogP contribution in [0.1, 0.15) is 29.3 Å². The van der Waals surface area contributed by atoms with Crippen LogP contribution >= 0.6 is 0 Å². The van der Waals surface area contributed by atoms with Crippen LogP contribution in [0.2, 0.25) is 0 Å². The fourth-order valence-electron chi connectivity index (χ4n) is 4.38. The average Bonchev–Trinajstić information content (AvgIpc) is 2.95. The van der Waals surface area contributed by atoms with Gasteiger partial charge in [0.25, 0.3) is 5.91 Å². The Morgan fingerprint density at radius 1 is 0.951 bits per heavy atom. The summed E-state index contributed by atoms with van der Waals surface area (Å²) in [6.07, 6.45) is 6.49. The van der Waals surface area contributed by atoms with Gasteiger partial charge in [0.2, 0.25) is 11.9 Å². The van der Waals surface area contributed by atoms with Crippen molar-refractivity contribution in [2.75, 3.05) is 36.1 Å². The Hall–Kier alpha value is -5.09. The zero-order valence-electron chi connectivity index (χ0n) is 22.9. The summed E-state index contributed by atoms with van der Waals surface area (Å²) in [6.45, 7) is 3.41. The molecule has 0 fully saturated rings. The molecule has 2 heterocycles. The third-order valence-corrected chi connectivity index (χ3v) is 6.23. The van der Waals surface area contributed by atoms with E-state index >= 15 is 0 Å². The SMILES string of the molecule is CC(=O)Nc1ccc(C(=O)Nc2cc3cc(c2)Nc2ncnc(n2)-c2cccc(c2)OCC/C=C/CN(C)C3)cc1. The van der Waals surface area contributed by atoms with Crippen molar-refractivity contribution in [1.82, 2.24) is 19.9 Å². The van der Waals surface area contributed by atoms with Crippen LogP contribution in [0.3, 0.4) is 0 Å². The number of benzene rings is 3. The molecule has 0 atom stereocenters. The molecule has 5 rings (SSSR count). The minimum absolute atomic E-state index is 0.171. The molecule has 10 heteroatoms. The molecule has 0 unspecified atom stereocenters. The average molecular weight is 550 g/mol. The van der Waals surface area contributed by atoms with E-state index < -0.39 is 0 Å². The van der Waals surface area contributed by atoms with Crippen molar-refractivity contribution in [3.05, 3.63) is 96.3 Å². The molecule has 2 amide bonds. The molecule has 0 saturated heterocycles. The quantitative estimate of drug-likeness (QED) is 0.296. The number of carbonyl (C=O) groups is 2. The third-order valence-electron chi connectivity index (χ3n) is 6.23. The number of likely N-dealkylation sites (N-methyl/N-ethyl adjacent to an activating group) is 1. The van der Waals surface area contributed by atoms with Crippen molar-refractivity contribution in [2.45, 2.75) is 19.9 Å². The van der Waals surface area contributed by atoms with Gasteiger partial charge in [0.05, 0.1) is 6.61 Å². The van der Waals surface area contributed by atoms with Gasteiger partial charge in [-0.15, -0.1) is 0 Å². The molecule has 1 aliphatic heterocycles. The number of rotatable bonds is 3. The van der Waals surface area contributed by atoms with Crippen LogP contribution in [0.5, 0.6) is 5.75 Å². The molecule has 4 aromatic rings. The smallest absolute Gasteiger partial charge is 0.255 e. The molecular weight excluding hydrogens is 518 g/mol. The highest BCUT2D eigenvalue weighted by atomic mass is 16.5. The molecule has 0 aliphatic carbocycles. The van der Waals surface area contributed by atoms with Gasteiger partial charge < -0.3 is 20.7 Å². The van der Waals surface area contributed by atoms with Crippen LogP contribution in [0.15, 0.2) is 85.2 Å². The van der Waals surface area contributed by atoms with Crippen LogP contribution in [0.4, 0.5) is 23.0 Å². The first-order valence-electron chi connectivity index (χ1n) is 13.3. The van der Waals surface area contributed by atoms with Crippen molar-refractivity contribution in [2.24, 2.45) is 0 Å². The lowest BCUT2D eigenvalue weighted by molar-refractivity contribution is -0.114. The van der Waals surface area contributed by atoms with Crippen molar-refractivity contribution in [3.63, 3.8) is 0 Å². The number of hydrogen-bond acceptors (Lipinski definition) is 8. The zero-order chi connectivity index (χ0) is 28.6. The van der Waals surface area contributed by atoms with Gasteiger partial charge in [-0.1, -0.05) is 24.3 Å². The second kappa shape index (κ2) is 12.8. The van der Waals surface area contributed by atoms with Gasteiger partial charge in [0.15, 0.2) is 5.82 Å². The first-order valence-corrected chi connectivity index (χ1v) is 13.3. The molecule has 0 saturated carbocycles. The van der Waals surface area contributed by atoms with E-state index in [9.17, 15) is 9.59 Å². The Kier molecular flexibility index (Phi) is 8.61. The van der Waals surface area contributed by atoms with E-state index in [2.05, 4.69) is 48.0 Å². The molecule has 0 spiro atoms. The van der Waals surface area contributed by atoms with Gasteiger partial charge in [0, 0.05) is 48.2 Å². The number of anilines is 4. The molecular formula is C31H31N7O3. The number of nitrogens with one attached hydrogen (secondary N) is 3. The number of amides is 2. The monoisotopic (exact) mass is 549 g/mol. The molecule has 1 aliphatic rings. The van der Waals surface area contributed by atoms with E-state index in [0.717, 1.165) is 35.5 Å². The van der Waals surface area contributed by atoms with Crippen LogP contribution in [-0.2, 0) is 11.3 Å². The molecule has 208 valence electrons. The number of ether oxygens (including phenoxy) is 1. The van der Waals surface area contributed by atoms with Crippen LogP contribution in [0, 0.1) is 0 Å². The first kappa shape index (κ1) is 27.5. The Morgan fingerprint density at radius 2 is 1.80 bits per heavy atom. The van der Waals surface area contributed by atoms with E-state index in [-0.39, 0.29) is 11.8 Å². The predicted molar refractivity (Wildman–Crippen MR) is 159 cm³/mol. The topological polar surface area (TPSA) is 121 Å². The lowest BCUT2D eigenvalue weighted by Crippen LogP contribution is -2.18. The van der Waals surface area contributed by atoms with Gasteiger partial charge in [0.1, 0.15) is 12.1 Å². The lowest BCUT2D eigenvalue weighted by atomic mass is 10.1. The van der Waals surface area contributed by atoms with Crippen LogP contribution in [-0.4, -0.2) is 51.9 Å². The number of carbonyl (C=O) groups excluding carboxylic acids is 2. The van der Waals surface area contributed by atoms with E-state index in [1.54, 1.807) is 24.3 Å². The molecule has 0 radical (unpaired) electrons. The maximum Gasteiger partial charge on any atom is 0.255 e. The summed E-state index contributed by atoms with van der Waals surface area (Å²) >= 11 is 0. The molecule has 10 nitrogen and oxygen atoms in total. The Balaban J connectivity index is 1.44. The summed E-state index contributed by atoms with van der Waals surface area (Å²) < 4.78 is 5.92.